The highest BCUT2D eigenvalue weighted by molar-refractivity contribution is 5.77. The predicted molar refractivity (Wildman–Crippen MR) is 65.0 cm³/mol. The highest BCUT2D eigenvalue weighted by Gasteiger charge is 2.09. The van der Waals surface area contributed by atoms with E-state index in [0.717, 1.165) is 13.0 Å². The van der Waals surface area contributed by atoms with Crippen molar-refractivity contribution in [3.05, 3.63) is 0 Å². The lowest BCUT2D eigenvalue weighted by Gasteiger charge is -2.19. The molecule has 0 heterocycles. The van der Waals surface area contributed by atoms with E-state index in [-0.39, 0.29) is 11.8 Å². The van der Waals surface area contributed by atoms with Crippen LogP contribution in [0.2, 0.25) is 0 Å². The molecule has 0 rings (SSSR count). The summed E-state index contributed by atoms with van der Waals surface area (Å²) in [6, 6.07) is 0. The fraction of sp³-hybridized carbons (Fsp3) is 0.833. The molecule has 0 aromatic heterocycles. The van der Waals surface area contributed by atoms with Gasteiger partial charge in [-0.3, -0.25) is 9.59 Å². The molecule has 2 amide bonds. The smallest absolute Gasteiger partial charge is 0.221 e. The maximum absolute atomic E-state index is 11.4. The molecular weight excluding hydrogens is 204 g/mol. The molecule has 0 radical (unpaired) electrons. The zero-order chi connectivity index (χ0) is 12.6. The summed E-state index contributed by atoms with van der Waals surface area (Å²) in [6.45, 7) is 9.63. The van der Waals surface area contributed by atoms with Crippen LogP contribution in [-0.2, 0) is 9.59 Å². The Labute approximate surface area is 98.4 Å². The quantitative estimate of drug-likeness (QED) is 0.716. The van der Waals surface area contributed by atoms with Crippen LogP contribution in [0.15, 0.2) is 0 Å². The van der Waals surface area contributed by atoms with Crippen molar-refractivity contribution in [2.75, 3.05) is 19.6 Å². The summed E-state index contributed by atoms with van der Waals surface area (Å²) >= 11 is 0. The number of hydrogen-bond donors (Lipinski definition) is 1. The molecule has 0 atom stereocenters. The lowest BCUT2D eigenvalue weighted by atomic mass is 10.2. The topological polar surface area (TPSA) is 49.4 Å². The standard InChI is InChI=1S/C12H24N2O2/c1-5-7-14(11(4)15)8-6-12(16)13-9-10(2)3/h10H,5-9H2,1-4H3,(H,13,16). The third kappa shape index (κ3) is 7.26. The first-order valence-electron chi connectivity index (χ1n) is 5.99. The molecule has 0 spiro atoms. The molecular formula is C12H24N2O2. The molecule has 0 saturated carbocycles. The van der Waals surface area contributed by atoms with Gasteiger partial charge >= 0.3 is 0 Å². The average Bonchev–Trinajstić information content (AvgIpc) is 2.20. The molecule has 0 saturated heterocycles. The molecule has 4 heteroatoms. The van der Waals surface area contributed by atoms with Crippen LogP contribution in [0.1, 0.15) is 40.5 Å². The van der Waals surface area contributed by atoms with Crippen LogP contribution in [0.4, 0.5) is 0 Å². The van der Waals surface area contributed by atoms with Crippen LogP contribution < -0.4 is 5.32 Å². The maximum Gasteiger partial charge on any atom is 0.221 e. The molecule has 4 nitrogen and oxygen atoms in total. The molecule has 0 bridgehead atoms. The minimum Gasteiger partial charge on any atom is -0.356 e. The number of carbonyl (C=O) groups excluding carboxylic acids is 2. The van der Waals surface area contributed by atoms with Gasteiger partial charge in [0.2, 0.25) is 11.8 Å². The van der Waals surface area contributed by atoms with E-state index >= 15 is 0 Å². The number of nitrogens with one attached hydrogen (secondary N) is 1. The molecule has 0 unspecified atom stereocenters. The maximum atomic E-state index is 11.4. The van der Waals surface area contributed by atoms with E-state index in [1.807, 2.05) is 6.92 Å². The molecule has 0 aliphatic carbocycles. The highest BCUT2D eigenvalue weighted by atomic mass is 16.2. The van der Waals surface area contributed by atoms with Crippen LogP contribution in [0.3, 0.4) is 0 Å². The van der Waals surface area contributed by atoms with Crippen molar-refractivity contribution in [1.29, 1.82) is 0 Å². The summed E-state index contributed by atoms with van der Waals surface area (Å²) in [7, 11) is 0. The van der Waals surface area contributed by atoms with Crippen molar-refractivity contribution < 1.29 is 9.59 Å². The first kappa shape index (κ1) is 14.9. The summed E-state index contributed by atoms with van der Waals surface area (Å²) in [5, 5.41) is 2.84. The number of rotatable bonds is 7. The van der Waals surface area contributed by atoms with Gasteiger partial charge < -0.3 is 10.2 Å². The van der Waals surface area contributed by atoms with E-state index in [2.05, 4.69) is 19.2 Å². The van der Waals surface area contributed by atoms with Gasteiger partial charge in [0.1, 0.15) is 0 Å². The van der Waals surface area contributed by atoms with Gasteiger partial charge in [-0.2, -0.15) is 0 Å². The summed E-state index contributed by atoms with van der Waals surface area (Å²) in [5.74, 6) is 0.526. The Balaban J connectivity index is 3.82. The van der Waals surface area contributed by atoms with Crippen molar-refractivity contribution in [2.45, 2.75) is 40.5 Å². The number of hydrogen-bond acceptors (Lipinski definition) is 2. The molecule has 16 heavy (non-hydrogen) atoms. The largest absolute Gasteiger partial charge is 0.356 e. The highest BCUT2D eigenvalue weighted by Crippen LogP contribution is 1.96. The van der Waals surface area contributed by atoms with E-state index in [9.17, 15) is 9.59 Å². The van der Waals surface area contributed by atoms with Gasteiger partial charge in [-0.1, -0.05) is 20.8 Å². The Morgan fingerprint density at radius 1 is 1.25 bits per heavy atom. The van der Waals surface area contributed by atoms with Crippen LogP contribution in [-0.4, -0.2) is 36.3 Å². The first-order chi connectivity index (χ1) is 7.47. The first-order valence-corrected chi connectivity index (χ1v) is 5.99. The van der Waals surface area contributed by atoms with E-state index in [1.165, 1.54) is 0 Å². The van der Waals surface area contributed by atoms with Gasteiger partial charge in [-0.15, -0.1) is 0 Å². The van der Waals surface area contributed by atoms with Crippen LogP contribution in [0.5, 0.6) is 0 Å². The van der Waals surface area contributed by atoms with Gasteiger partial charge in [0, 0.05) is 33.0 Å². The third-order valence-corrected chi connectivity index (χ3v) is 2.26. The van der Waals surface area contributed by atoms with Crippen molar-refractivity contribution in [3.8, 4) is 0 Å². The second-order valence-electron chi connectivity index (χ2n) is 4.45. The Hall–Kier alpha value is -1.06. The van der Waals surface area contributed by atoms with E-state index in [0.29, 0.717) is 25.4 Å². The second-order valence-corrected chi connectivity index (χ2v) is 4.45. The minimum atomic E-state index is 0.0241. The second kappa shape index (κ2) is 8.13. The number of nitrogens with zero attached hydrogens (tertiary/aromatic N) is 1. The van der Waals surface area contributed by atoms with Gasteiger partial charge in [-0.25, -0.2) is 0 Å². The Morgan fingerprint density at radius 2 is 1.88 bits per heavy atom. The molecule has 0 aromatic rings. The summed E-state index contributed by atoms with van der Waals surface area (Å²) in [4.78, 5) is 24.4. The zero-order valence-corrected chi connectivity index (χ0v) is 10.9. The molecule has 0 aliphatic heterocycles. The Kier molecular flexibility index (Phi) is 7.60. The fourth-order valence-corrected chi connectivity index (χ4v) is 1.34. The van der Waals surface area contributed by atoms with Crippen molar-refractivity contribution >= 4 is 11.8 Å². The van der Waals surface area contributed by atoms with Crippen molar-refractivity contribution in [3.63, 3.8) is 0 Å². The van der Waals surface area contributed by atoms with Gasteiger partial charge in [-0.05, 0) is 12.3 Å². The normalized spacial score (nSPS) is 10.3. The van der Waals surface area contributed by atoms with E-state index in [1.54, 1.807) is 11.8 Å². The molecule has 0 aromatic carbocycles. The van der Waals surface area contributed by atoms with Crippen LogP contribution in [0, 0.1) is 5.92 Å². The Morgan fingerprint density at radius 3 is 2.31 bits per heavy atom. The number of carbonyl (C=O) groups is 2. The minimum absolute atomic E-state index is 0.0241. The SMILES string of the molecule is CCCN(CCC(=O)NCC(C)C)C(C)=O. The molecule has 0 aliphatic rings. The lowest BCUT2D eigenvalue weighted by Crippen LogP contribution is -2.35. The summed E-state index contributed by atoms with van der Waals surface area (Å²) in [6.07, 6.45) is 1.32. The molecule has 0 fully saturated rings. The van der Waals surface area contributed by atoms with Crippen molar-refractivity contribution in [2.24, 2.45) is 5.92 Å². The zero-order valence-electron chi connectivity index (χ0n) is 10.9. The monoisotopic (exact) mass is 228 g/mol. The Bertz CT molecular complexity index is 227. The predicted octanol–water partition coefficient (Wildman–Crippen LogP) is 1.41. The van der Waals surface area contributed by atoms with Gasteiger partial charge in [0.15, 0.2) is 0 Å². The van der Waals surface area contributed by atoms with Crippen LogP contribution >= 0.6 is 0 Å². The van der Waals surface area contributed by atoms with Gasteiger partial charge in [0.05, 0.1) is 0 Å². The molecule has 94 valence electrons. The van der Waals surface area contributed by atoms with Crippen molar-refractivity contribution in [1.82, 2.24) is 10.2 Å². The third-order valence-electron chi connectivity index (χ3n) is 2.26. The van der Waals surface area contributed by atoms with E-state index < -0.39 is 0 Å². The fourth-order valence-electron chi connectivity index (χ4n) is 1.34. The lowest BCUT2D eigenvalue weighted by molar-refractivity contribution is -0.129. The molecule has 1 N–H and O–H groups in total. The van der Waals surface area contributed by atoms with Crippen LogP contribution in [0.25, 0.3) is 0 Å². The average molecular weight is 228 g/mol. The van der Waals surface area contributed by atoms with Gasteiger partial charge in [0.25, 0.3) is 0 Å². The summed E-state index contributed by atoms with van der Waals surface area (Å²) < 4.78 is 0. The summed E-state index contributed by atoms with van der Waals surface area (Å²) in [5.41, 5.74) is 0. The number of amides is 2. The van der Waals surface area contributed by atoms with E-state index in [4.69, 9.17) is 0 Å².